The molecule has 6 nitrogen and oxygen atoms in total. The molecule has 34 heavy (non-hydrogen) atoms. The molecule has 0 aliphatic carbocycles. The molecule has 1 aliphatic heterocycles. The van der Waals surface area contributed by atoms with Crippen molar-refractivity contribution in [3.8, 4) is 24.2 Å². The van der Waals surface area contributed by atoms with Crippen molar-refractivity contribution in [2.75, 3.05) is 36.8 Å². The van der Waals surface area contributed by atoms with Gasteiger partial charge in [0.05, 0.1) is 0 Å². The molecule has 1 unspecified atom stereocenters. The van der Waals surface area contributed by atoms with Crippen LogP contribution < -0.4 is 10.6 Å². The number of terminal acetylenes is 1. The zero-order valence-corrected chi connectivity index (χ0v) is 20.5. The molecule has 1 atom stereocenters. The summed E-state index contributed by atoms with van der Waals surface area (Å²) in [5.74, 6) is 7.27. The van der Waals surface area contributed by atoms with Crippen LogP contribution in [0.1, 0.15) is 33.3 Å². The Kier molecular flexibility index (Phi) is 11.7. The van der Waals surface area contributed by atoms with E-state index in [0.717, 1.165) is 24.2 Å². The van der Waals surface area contributed by atoms with Crippen LogP contribution in [0.5, 0.6) is 0 Å². The first-order chi connectivity index (χ1) is 16.1. The van der Waals surface area contributed by atoms with Gasteiger partial charge in [-0.1, -0.05) is 19.8 Å². The number of halogens is 3. The molecule has 0 bridgehead atoms. The fraction of sp³-hybridized carbons (Fsp3) is 0.417. The van der Waals surface area contributed by atoms with Crippen LogP contribution >= 0.6 is 11.9 Å². The van der Waals surface area contributed by atoms with Gasteiger partial charge in [0.1, 0.15) is 11.6 Å². The number of rotatable bonds is 4. The minimum absolute atomic E-state index is 0.395. The highest BCUT2D eigenvalue weighted by Gasteiger charge is 2.54. The lowest BCUT2D eigenvalue weighted by atomic mass is 9.95. The maximum Gasteiger partial charge on any atom is 0.433 e. The van der Waals surface area contributed by atoms with Gasteiger partial charge in [-0.2, -0.15) is 13.2 Å². The van der Waals surface area contributed by atoms with E-state index in [1.807, 2.05) is 30.7 Å². The van der Waals surface area contributed by atoms with Crippen molar-refractivity contribution in [3.05, 3.63) is 42.2 Å². The quantitative estimate of drug-likeness (QED) is 0.485. The van der Waals surface area contributed by atoms with Gasteiger partial charge in [0.15, 0.2) is 0 Å². The molecule has 0 spiro atoms. The number of hydrogen-bond acceptors (Lipinski definition) is 7. The first kappa shape index (κ1) is 29.1. The minimum Gasteiger partial charge on any atom is -0.384 e. The summed E-state index contributed by atoms with van der Waals surface area (Å²) < 4.78 is 42.0. The van der Waals surface area contributed by atoms with Gasteiger partial charge in [-0.3, -0.25) is 0 Å². The van der Waals surface area contributed by atoms with Crippen molar-refractivity contribution < 1.29 is 18.3 Å². The number of aromatic nitrogens is 2. The van der Waals surface area contributed by atoms with E-state index >= 15 is 0 Å². The molecule has 2 aromatic heterocycles. The normalized spacial score (nSPS) is 15.2. The number of hydrogen-bond donors (Lipinski definition) is 2. The summed E-state index contributed by atoms with van der Waals surface area (Å²) in [6, 6.07) is 6.35. The number of alkyl halides is 3. The molecule has 1 fully saturated rings. The van der Waals surface area contributed by atoms with Gasteiger partial charge in [-0.25, -0.2) is 14.3 Å². The molecule has 0 amide bonds. The predicted octanol–water partition coefficient (Wildman–Crippen LogP) is 4.33. The van der Waals surface area contributed by atoms with Gasteiger partial charge in [0.25, 0.3) is 0 Å². The summed E-state index contributed by atoms with van der Waals surface area (Å²) in [4.78, 5) is 11.2. The Hall–Kier alpha value is -2.92. The van der Waals surface area contributed by atoms with Crippen LogP contribution in [0.4, 0.5) is 24.8 Å². The number of pyridine rings is 2. The molecule has 3 N–H and O–H groups in total. The van der Waals surface area contributed by atoms with Crippen LogP contribution in [0.25, 0.3) is 0 Å². The maximum atomic E-state index is 13.3. The van der Waals surface area contributed by atoms with E-state index in [2.05, 4.69) is 32.5 Å². The zero-order valence-electron chi connectivity index (χ0n) is 19.7. The third-order valence-electron chi connectivity index (χ3n) is 4.44. The van der Waals surface area contributed by atoms with E-state index in [1.54, 1.807) is 31.1 Å². The van der Waals surface area contributed by atoms with Gasteiger partial charge >= 0.3 is 6.18 Å². The Morgan fingerprint density at radius 2 is 1.65 bits per heavy atom. The molecule has 1 saturated heterocycles. The fourth-order valence-corrected chi connectivity index (χ4v) is 3.75. The fourth-order valence-electron chi connectivity index (χ4n) is 2.88. The number of anilines is 2. The largest absolute Gasteiger partial charge is 0.433 e. The molecular formula is C24H30F3N5OS. The van der Waals surface area contributed by atoms with E-state index in [4.69, 9.17) is 5.73 Å². The van der Waals surface area contributed by atoms with Crippen LogP contribution in [0.15, 0.2) is 41.6 Å². The summed E-state index contributed by atoms with van der Waals surface area (Å²) in [6.07, 6.45) is 2.43. The number of nitrogens with zero attached hydrogens (tertiary/aromatic N) is 4. The Balaban J connectivity index is 0.00000107. The summed E-state index contributed by atoms with van der Waals surface area (Å²) in [6.45, 7) is 9.72. The van der Waals surface area contributed by atoms with Crippen molar-refractivity contribution in [2.24, 2.45) is 0 Å². The van der Waals surface area contributed by atoms with Crippen LogP contribution in [-0.4, -0.2) is 51.7 Å². The zero-order chi connectivity index (χ0) is 25.8. The van der Waals surface area contributed by atoms with Crippen molar-refractivity contribution in [3.63, 3.8) is 0 Å². The van der Waals surface area contributed by atoms with Gasteiger partial charge in [-0.15, -0.1) is 18.3 Å². The molecule has 10 heteroatoms. The van der Waals surface area contributed by atoms with Crippen LogP contribution in [0, 0.1) is 24.2 Å². The van der Waals surface area contributed by atoms with E-state index < -0.39 is 17.3 Å². The maximum absolute atomic E-state index is 13.3. The average molecular weight is 494 g/mol. The summed E-state index contributed by atoms with van der Waals surface area (Å²) >= 11 is 1.58. The number of nitrogen functional groups attached to an aromatic ring is 1. The lowest BCUT2D eigenvalue weighted by molar-refractivity contribution is -0.240. The molecule has 0 radical (unpaired) electrons. The monoisotopic (exact) mass is 493 g/mol. The highest BCUT2D eigenvalue weighted by atomic mass is 32.2. The smallest absolute Gasteiger partial charge is 0.384 e. The SMILES string of the molecule is C#CC.CC.CC#CC(O)(c1ccc(N2CCN(Sc3ccc(N)nc3)CC2)nc1)C(F)(F)F. The molecular weight excluding hydrogens is 463 g/mol. The van der Waals surface area contributed by atoms with Gasteiger partial charge in [-0.05, 0) is 50.1 Å². The summed E-state index contributed by atoms with van der Waals surface area (Å²) in [5, 5.41) is 10.0. The van der Waals surface area contributed by atoms with Gasteiger partial charge in [0, 0.05) is 49.0 Å². The first-order valence-electron chi connectivity index (χ1n) is 10.6. The lowest BCUT2D eigenvalue weighted by Gasteiger charge is -2.34. The van der Waals surface area contributed by atoms with Crippen molar-refractivity contribution in [2.45, 2.75) is 44.4 Å². The second-order valence-corrected chi connectivity index (χ2v) is 7.87. The first-order valence-corrected chi connectivity index (χ1v) is 11.4. The molecule has 2 aromatic rings. The Labute approximate surface area is 203 Å². The molecule has 1 aliphatic rings. The molecule has 0 saturated carbocycles. The van der Waals surface area contributed by atoms with Crippen molar-refractivity contribution >= 4 is 23.6 Å². The summed E-state index contributed by atoms with van der Waals surface area (Å²) in [5.41, 5.74) is 1.97. The number of aliphatic hydroxyl groups is 1. The van der Waals surface area contributed by atoms with E-state index in [1.165, 1.54) is 19.1 Å². The van der Waals surface area contributed by atoms with Crippen LogP contribution in [0.2, 0.25) is 0 Å². The standard InChI is InChI=1S/C19H20F3N5OS.C3H4.C2H6/c1-2-7-18(28,19(20,21)22)14-3-6-17(25-12-14)26-8-10-27(11-9-26)29-15-4-5-16(23)24-13-15;1-3-2;1-2/h3-6,12-13,28H,8-11H2,1H3,(H2,23,24);1H,2H3;1-2H3. The van der Waals surface area contributed by atoms with Crippen LogP contribution in [0.3, 0.4) is 0 Å². The second kappa shape index (κ2) is 13.7. The van der Waals surface area contributed by atoms with Crippen molar-refractivity contribution in [1.82, 2.24) is 14.3 Å². The lowest BCUT2D eigenvalue weighted by Crippen LogP contribution is -2.44. The molecule has 3 rings (SSSR count). The average Bonchev–Trinajstić information content (AvgIpc) is 2.82. The third kappa shape index (κ3) is 7.84. The minimum atomic E-state index is -4.92. The van der Waals surface area contributed by atoms with Gasteiger partial charge < -0.3 is 15.7 Å². The topological polar surface area (TPSA) is 78.5 Å². The predicted molar refractivity (Wildman–Crippen MR) is 132 cm³/mol. The molecule has 184 valence electrons. The third-order valence-corrected chi connectivity index (χ3v) is 5.51. The Morgan fingerprint density at radius 1 is 1.03 bits per heavy atom. The van der Waals surface area contributed by atoms with E-state index in [0.29, 0.717) is 24.7 Å². The molecule has 3 heterocycles. The number of piperazine rings is 1. The Morgan fingerprint density at radius 3 is 2.09 bits per heavy atom. The van der Waals surface area contributed by atoms with E-state index in [9.17, 15) is 18.3 Å². The summed E-state index contributed by atoms with van der Waals surface area (Å²) in [7, 11) is 0. The van der Waals surface area contributed by atoms with Crippen molar-refractivity contribution in [1.29, 1.82) is 0 Å². The molecule has 0 aromatic carbocycles. The van der Waals surface area contributed by atoms with Gasteiger partial charge in [0.2, 0.25) is 5.60 Å². The van der Waals surface area contributed by atoms with E-state index in [-0.39, 0.29) is 0 Å². The second-order valence-electron chi connectivity index (χ2n) is 6.70. The Bertz CT molecular complexity index is 973. The van der Waals surface area contributed by atoms with Crippen LogP contribution in [-0.2, 0) is 5.60 Å². The highest BCUT2D eigenvalue weighted by molar-refractivity contribution is 7.97. The highest BCUT2D eigenvalue weighted by Crippen LogP contribution is 2.38. The number of nitrogens with two attached hydrogens (primary N) is 1.